The summed E-state index contributed by atoms with van der Waals surface area (Å²) in [5.41, 5.74) is 0.0518. The van der Waals surface area contributed by atoms with Crippen LogP contribution in [0, 0.1) is 17.6 Å². The number of amides is 4. The molecule has 1 aromatic rings. The zero-order chi connectivity index (χ0) is 26.5. The fraction of sp³-hybridized carbons (Fsp3) is 0.462. The van der Waals surface area contributed by atoms with E-state index >= 15 is 0 Å². The second-order valence-corrected chi connectivity index (χ2v) is 9.99. The molecule has 2 N–H and O–H groups in total. The number of ether oxygens (including phenoxy) is 1. The average molecular weight is 515 g/mol. The fourth-order valence-electron chi connectivity index (χ4n) is 6.03. The number of rotatable bonds is 4. The van der Waals surface area contributed by atoms with Gasteiger partial charge in [-0.15, -0.1) is 0 Å². The number of allylic oxidation sites excluding steroid dienone is 3. The van der Waals surface area contributed by atoms with Crippen LogP contribution in [-0.4, -0.2) is 65.4 Å². The first-order valence-electron chi connectivity index (χ1n) is 12.3. The standard InChI is InChI=1S/C26H28F2N4O5/c1-14-3-8-21(17-5-4-15(27)11-19(17)28)32(14)22(33)12-31-13-26(37-25(31)36)10-9-16-18(26)6-7-20(23(16)34)30-24(35)29-2/h4-7,11,14,16,21H,3,8-10,12-13H2,1-2H3,(H2,29,30,35)/t14-,16?,21?,26-/m0/s1. The maximum atomic E-state index is 14.5. The molecule has 2 heterocycles. The van der Waals surface area contributed by atoms with E-state index in [2.05, 4.69) is 10.6 Å². The zero-order valence-electron chi connectivity index (χ0n) is 20.6. The van der Waals surface area contributed by atoms with Crippen molar-refractivity contribution < 1.29 is 32.7 Å². The lowest BCUT2D eigenvalue weighted by Crippen LogP contribution is -2.44. The molecule has 11 heteroatoms. The maximum absolute atomic E-state index is 14.5. The summed E-state index contributed by atoms with van der Waals surface area (Å²) in [6.07, 6.45) is 4.59. The van der Waals surface area contributed by atoms with E-state index in [9.17, 15) is 28.0 Å². The van der Waals surface area contributed by atoms with Crippen LogP contribution in [0.2, 0.25) is 0 Å². The molecule has 5 rings (SSSR count). The highest BCUT2D eigenvalue weighted by molar-refractivity contribution is 6.03. The van der Waals surface area contributed by atoms with E-state index in [1.165, 1.54) is 30.2 Å². The molecular weight excluding hydrogens is 486 g/mol. The molecule has 1 spiro atoms. The van der Waals surface area contributed by atoms with Crippen molar-refractivity contribution in [1.29, 1.82) is 0 Å². The van der Waals surface area contributed by atoms with Gasteiger partial charge in [0.1, 0.15) is 18.2 Å². The molecule has 196 valence electrons. The second-order valence-electron chi connectivity index (χ2n) is 9.99. The maximum Gasteiger partial charge on any atom is 0.411 e. The van der Waals surface area contributed by atoms with Gasteiger partial charge in [-0.1, -0.05) is 12.1 Å². The van der Waals surface area contributed by atoms with Gasteiger partial charge in [-0.3, -0.25) is 14.5 Å². The zero-order valence-corrected chi connectivity index (χ0v) is 20.6. The minimum Gasteiger partial charge on any atom is -0.436 e. The minimum absolute atomic E-state index is 0.108. The topological polar surface area (TPSA) is 108 Å². The molecule has 2 saturated heterocycles. The Labute approximate surface area is 212 Å². The van der Waals surface area contributed by atoms with E-state index in [1.54, 1.807) is 11.0 Å². The van der Waals surface area contributed by atoms with Gasteiger partial charge in [-0.2, -0.15) is 0 Å². The van der Waals surface area contributed by atoms with E-state index in [0.717, 1.165) is 6.07 Å². The Bertz CT molecular complexity index is 1250. The van der Waals surface area contributed by atoms with E-state index in [4.69, 9.17) is 4.74 Å². The highest BCUT2D eigenvalue weighted by Gasteiger charge is 2.56. The molecule has 1 aromatic carbocycles. The van der Waals surface area contributed by atoms with Crippen molar-refractivity contribution in [2.24, 2.45) is 5.92 Å². The van der Waals surface area contributed by atoms with Crippen LogP contribution >= 0.6 is 0 Å². The van der Waals surface area contributed by atoms with E-state index in [-0.39, 0.29) is 42.1 Å². The number of ketones is 1. The predicted molar refractivity (Wildman–Crippen MR) is 127 cm³/mol. The van der Waals surface area contributed by atoms with E-state index < -0.39 is 41.3 Å². The van der Waals surface area contributed by atoms with E-state index in [1.807, 2.05) is 6.92 Å². The van der Waals surface area contributed by atoms with Gasteiger partial charge in [0, 0.05) is 30.6 Å². The first kappa shape index (κ1) is 24.9. The molecule has 2 unspecified atom stereocenters. The molecule has 0 radical (unpaired) electrons. The lowest BCUT2D eigenvalue weighted by molar-refractivity contribution is -0.134. The largest absolute Gasteiger partial charge is 0.436 e. The number of benzene rings is 1. The van der Waals surface area contributed by atoms with Crippen molar-refractivity contribution in [3.63, 3.8) is 0 Å². The van der Waals surface area contributed by atoms with Crippen LogP contribution in [0.25, 0.3) is 0 Å². The van der Waals surface area contributed by atoms with Crippen molar-refractivity contribution in [3.05, 3.63) is 58.8 Å². The number of fused-ring (bicyclic) bond motifs is 2. The van der Waals surface area contributed by atoms with Gasteiger partial charge in [-0.25, -0.2) is 18.4 Å². The molecule has 9 nitrogen and oxygen atoms in total. The summed E-state index contributed by atoms with van der Waals surface area (Å²) in [6, 6.07) is 2.10. The number of carbonyl (C=O) groups excluding carboxylic acids is 4. The summed E-state index contributed by atoms with van der Waals surface area (Å²) in [4.78, 5) is 53.7. The van der Waals surface area contributed by atoms with Gasteiger partial charge in [0.05, 0.1) is 18.3 Å². The smallest absolute Gasteiger partial charge is 0.411 e. The molecular formula is C26H28F2N4O5. The van der Waals surface area contributed by atoms with Crippen molar-refractivity contribution in [2.75, 3.05) is 20.1 Å². The van der Waals surface area contributed by atoms with Crippen LogP contribution in [0.15, 0.2) is 41.6 Å². The molecule has 0 bridgehead atoms. The van der Waals surface area contributed by atoms with Crippen LogP contribution in [0.3, 0.4) is 0 Å². The van der Waals surface area contributed by atoms with Crippen LogP contribution in [0.5, 0.6) is 0 Å². The third-order valence-corrected chi connectivity index (χ3v) is 7.82. The third-order valence-electron chi connectivity index (χ3n) is 7.82. The summed E-state index contributed by atoms with van der Waals surface area (Å²) in [5.74, 6) is -2.52. The predicted octanol–water partition coefficient (Wildman–Crippen LogP) is 2.94. The second kappa shape index (κ2) is 9.28. The average Bonchev–Trinajstić information content (AvgIpc) is 3.51. The molecule has 0 aromatic heterocycles. The molecule has 3 fully saturated rings. The number of likely N-dealkylation sites (tertiary alicyclic amines) is 1. The summed E-state index contributed by atoms with van der Waals surface area (Å²) in [7, 11) is 1.45. The van der Waals surface area contributed by atoms with Crippen LogP contribution in [0.4, 0.5) is 18.4 Å². The molecule has 2 aliphatic carbocycles. The number of hydrogen-bond donors (Lipinski definition) is 2. The van der Waals surface area contributed by atoms with Gasteiger partial charge in [0.2, 0.25) is 5.91 Å². The first-order valence-corrected chi connectivity index (χ1v) is 12.3. The lowest BCUT2D eigenvalue weighted by Gasteiger charge is -2.31. The molecule has 4 aliphatic rings. The van der Waals surface area contributed by atoms with Crippen molar-refractivity contribution in [2.45, 2.75) is 50.3 Å². The summed E-state index contributed by atoms with van der Waals surface area (Å²) in [5, 5.41) is 4.92. The lowest BCUT2D eigenvalue weighted by atomic mass is 9.85. The summed E-state index contributed by atoms with van der Waals surface area (Å²) in [6.45, 7) is 1.71. The number of hydrogen-bond acceptors (Lipinski definition) is 5. The van der Waals surface area contributed by atoms with Gasteiger partial charge < -0.3 is 20.3 Å². The Morgan fingerprint density at radius 2 is 1.95 bits per heavy atom. The van der Waals surface area contributed by atoms with E-state index in [0.29, 0.717) is 31.3 Å². The van der Waals surface area contributed by atoms with Crippen molar-refractivity contribution in [1.82, 2.24) is 20.4 Å². The highest BCUT2D eigenvalue weighted by Crippen LogP contribution is 2.48. The minimum atomic E-state index is -1.02. The molecule has 2 aliphatic heterocycles. The molecule has 4 atom stereocenters. The number of carbonyl (C=O) groups is 4. The SMILES string of the molecule is CNC(=O)NC1=CC=C2C(CC[C@]23CN(CC(=O)N2C(c4ccc(F)cc4F)CC[C@@H]2C)C(=O)O3)C1=O. The third kappa shape index (κ3) is 4.25. The number of Topliss-reactive ketones (excluding diaryl/α,β-unsaturated/α-hetero) is 1. The molecule has 4 amide bonds. The van der Waals surface area contributed by atoms with Crippen molar-refractivity contribution in [3.8, 4) is 0 Å². The van der Waals surface area contributed by atoms with Gasteiger partial charge >= 0.3 is 12.1 Å². The summed E-state index contributed by atoms with van der Waals surface area (Å²) < 4.78 is 33.7. The van der Waals surface area contributed by atoms with Crippen LogP contribution < -0.4 is 10.6 Å². The van der Waals surface area contributed by atoms with Gasteiger partial charge in [0.25, 0.3) is 0 Å². The number of nitrogens with zero attached hydrogens (tertiary/aromatic N) is 2. The first-order chi connectivity index (χ1) is 17.6. The number of nitrogens with one attached hydrogen (secondary N) is 2. The number of urea groups is 1. The normalized spacial score (nSPS) is 28.7. The Morgan fingerprint density at radius 1 is 1.16 bits per heavy atom. The number of halogens is 2. The van der Waals surface area contributed by atoms with Crippen molar-refractivity contribution >= 4 is 23.8 Å². The Hall–Kier alpha value is -3.76. The van der Waals surface area contributed by atoms with Crippen LogP contribution in [0.1, 0.15) is 44.2 Å². The van der Waals surface area contributed by atoms with Gasteiger partial charge in [0.15, 0.2) is 11.4 Å². The van der Waals surface area contributed by atoms with Gasteiger partial charge in [-0.05, 0) is 50.3 Å². The molecule has 37 heavy (non-hydrogen) atoms. The van der Waals surface area contributed by atoms with Crippen LogP contribution in [-0.2, 0) is 14.3 Å². The molecule has 1 saturated carbocycles. The quantitative estimate of drug-likeness (QED) is 0.643. The Balaban J connectivity index is 1.32. The Kier molecular flexibility index (Phi) is 6.25. The Morgan fingerprint density at radius 3 is 2.68 bits per heavy atom. The monoisotopic (exact) mass is 514 g/mol. The highest BCUT2D eigenvalue weighted by atomic mass is 19.1. The summed E-state index contributed by atoms with van der Waals surface area (Å²) >= 11 is 0. The fourth-order valence-corrected chi connectivity index (χ4v) is 6.03.